The minimum Gasteiger partial charge on any atom is -0.363 e. The molecule has 1 aromatic heterocycles. The van der Waals surface area contributed by atoms with Gasteiger partial charge in [-0.05, 0) is 18.2 Å². The van der Waals surface area contributed by atoms with Gasteiger partial charge in [0, 0.05) is 16.4 Å². The van der Waals surface area contributed by atoms with Crippen molar-refractivity contribution < 1.29 is 0 Å². The van der Waals surface area contributed by atoms with Crippen molar-refractivity contribution in [2.75, 3.05) is 12.4 Å². The number of halogens is 1. The number of thioether (sulfide) groups is 1. The van der Waals surface area contributed by atoms with Crippen LogP contribution < -0.4 is 5.32 Å². The van der Waals surface area contributed by atoms with Crippen LogP contribution in [0.3, 0.4) is 0 Å². The van der Waals surface area contributed by atoms with E-state index in [2.05, 4.69) is 43.6 Å². The number of rotatable bonds is 4. The molecule has 3 nitrogen and oxygen atoms in total. The first kappa shape index (κ1) is 11.9. The zero-order chi connectivity index (χ0) is 11.4. The molecule has 1 N–H and O–H groups in total. The SMILES string of the molecule is CNc1nnc(CSc2cccc(Br)c2)s1. The van der Waals surface area contributed by atoms with E-state index in [4.69, 9.17) is 0 Å². The van der Waals surface area contributed by atoms with Gasteiger partial charge in [-0.1, -0.05) is 33.3 Å². The van der Waals surface area contributed by atoms with E-state index in [1.807, 2.05) is 19.2 Å². The lowest BCUT2D eigenvalue weighted by Gasteiger charge is -1.98. The van der Waals surface area contributed by atoms with Crippen LogP contribution in [0.25, 0.3) is 0 Å². The highest BCUT2D eigenvalue weighted by atomic mass is 79.9. The minimum atomic E-state index is 0.857. The van der Waals surface area contributed by atoms with Crippen molar-refractivity contribution in [3.8, 4) is 0 Å². The van der Waals surface area contributed by atoms with E-state index in [9.17, 15) is 0 Å². The van der Waals surface area contributed by atoms with Crippen molar-refractivity contribution in [3.63, 3.8) is 0 Å². The zero-order valence-electron chi connectivity index (χ0n) is 8.61. The number of hydrogen-bond acceptors (Lipinski definition) is 5. The van der Waals surface area contributed by atoms with Gasteiger partial charge in [0.05, 0.1) is 5.75 Å². The molecule has 0 atom stereocenters. The van der Waals surface area contributed by atoms with E-state index >= 15 is 0 Å². The molecule has 0 amide bonds. The molecule has 0 saturated carbocycles. The Morgan fingerprint density at radius 1 is 1.44 bits per heavy atom. The molecule has 84 valence electrons. The smallest absolute Gasteiger partial charge is 0.205 e. The highest BCUT2D eigenvalue weighted by Gasteiger charge is 2.03. The summed E-state index contributed by atoms with van der Waals surface area (Å²) in [5.74, 6) is 0.857. The molecule has 0 unspecified atom stereocenters. The Kier molecular flexibility index (Phi) is 4.20. The fourth-order valence-corrected chi connectivity index (χ4v) is 3.30. The molecule has 0 spiro atoms. The third-order valence-electron chi connectivity index (χ3n) is 1.84. The summed E-state index contributed by atoms with van der Waals surface area (Å²) < 4.78 is 1.10. The van der Waals surface area contributed by atoms with E-state index in [0.29, 0.717) is 0 Å². The summed E-state index contributed by atoms with van der Waals surface area (Å²) in [6, 6.07) is 8.25. The lowest BCUT2D eigenvalue weighted by molar-refractivity contribution is 1.04. The molecule has 16 heavy (non-hydrogen) atoms. The molecule has 0 radical (unpaired) electrons. The van der Waals surface area contributed by atoms with Crippen molar-refractivity contribution in [1.29, 1.82) is 0 Å². The summed E-state index contributed by atoms with van der Waals surface area (Å²) >= 11 is 6.81. The molecule has 1 aromatic carbocycles. The maximum atomic E-state index is 4.10. The number of benzene rings is 1. The molecule has 1 heterocycles. The van der Waals surface area contributed by atoms with E-state index in [1.165, 1.54) is 4.90 Å². The van der Waals surface area contributed by atoms with Gasteiger partial charge in [0.25, 0.3) is 0 Å². The Labute approximate surface area is 111 Å². The normalized spacial score (nSPS) is 10.4. The van der Waals surface area contributed by atoms with E-state index in [0.717, 1.165) is 20.4 Å². The largest absolute Gasteiger partial charge is 0.363 e. The predicted octanol–water partition coefficient (Wildman–Crippen LogP) is 3.63. The summed E-state index contributed by atoms with van der Waals surface area (Å²) in [6.07, 6.45) is 0. The van der Waals surface area contributed by atoms with Crippen LogP contribution in [0.2, 0.25) is 0 Å². The summed E-state index contributed by atoms with van der Waals surface area (Å²) in [6.45, 7) is 0. The first-order chi connectivity index (χ1) is 7.78. The molecule has 0 bridgehead atoms. The van der Waals surface area contributed by atoms with Crippen LogP contribution in [0.15, 0.2) is 33.6 Å². The molecule has 0 fully saturated rings. The number of hydrogen-bond donors (Lipinski definition) is 1. The second-order valence-electron chi connectivity index (χ2n) is 3.00. The summed E-state index contributed by atoms with van der Waals surface area (Å²) in [7, 11) is 1.85. The van der Waals surface area contributed by atoms with Crippen LogP contribution in [-0.2, 0) is 5.75 Å². The fraction of sp³-hybridized carbons (Fsp3) is 0.200. The summed E-state index contributed by atoms with van der Waals surface area (Å²) in [5, 5.41) is 13.0. The lowest BCUT2D eigenvalue weighted by atomic mass is 10.4. The second kappa shape index (κ2) is 5.65. The van der Waals surface area contributed by atoms with Gasteiger partial charge in [-0.3, -0.25) is 0 Å². The molecule has 6 heteroatoms. The first-order valence-corrected chi connectivity index (χ1v) is 7.26. The molecule has 0 aliphatic heterocycles. The fourth-order valence-electron chi connectivity index (χ4n) is 1.11. The highest BCUT2D eigenvalue weighted by molar-refractivity contribution is 9.10. The Hall–Kier alpha value is -0.590. The van der Waals surface area contributed by atoms with Crippen molar-refractivity contribution >= 4 is 44.2 Å². The van der Waals surface area contributed by atoms with Crippen LogP contribution >= 0.6 is 39.0 Å². The number of nitrogens with one attached hydrogen (secondary N) is 1. The van der Waals surface area contributed by atoms with Gasteiger partial charge in [-0.2, -0.15) is 0 Å². The maximum Gasteiger partial charge on any atom is 0.205 e. The number of anilines is 1. The van der Waals surface area contributed by atoms with Gasteiger partial charge in [0.2, 0.25) is 5.13 Å². The third kappa shape index (κ3) is 3.20. The standard InChI is InChI=1S/C10H10BrN3S2/c1-12-10-14-13-9(16-10)6-15-8-4-2-3-7(11)5-8/h2-5H,6H2,1H3,(H,12,14). The average molecular weight is 316 g/mol. The second-order valence-corrected chi connectivity index (χ2v) is 6.02. The van der Waals surface area contributed by atoms with Gasteiger partial charge in [0.1, 0.15) is 5.01 Å². The molecule has 0 aliphatic carbocycles. The Morgan fingerprint density at radius 2 is 2.31 bits per heavy atom. The summed E-state index contributed by atoms with van der Waals surface area (Å²) in [5.41, 5.74) is 0. The van der Waals surface area contributed by atoms with E-state index in [-0.39, 0.29) is 0 Å². The van der Waals surface area contributed by atoms with Crippen molar-refractivity contribution in [3.05, 3.63) is 33.7 Å². The van der Waals surface area contributed by atoms with Crippen LogP contribution in [-0.4, -0.2) is 17.2 Å². The van der Waals surface area contributed by atoms with Crippen LogP contribution in [0.1, 0.15) is 5.01 Å². The Balaban J connectivity index is 1.96. The maximum absolute atomic E-state index is 4.10. The van der Waals surface area contributed by atoms with Crippen LogP contribution in [0.4, 0.5) is 5.13 Å². The summed E-state index contributed by atoms with van der Waals surface area (Å²) in [4.78, 5) is 1.23. The lowest BCUT2D eigenvalue weighted by Crippen LogP contribution is -1.84. The number of aromatic nitrogens is 2. The van der Waals surface area contributed by atoms with Crippen molar-refractivity contribution in [2.45, 2.75) is 10.6 Å². The van der Waals surface area contributed by atoms with Crippen molar-refractivity contribution in [2.24, 2.45) is 0 Å². The van der Waals surface area contributed by atoms with Gasteiger partial charge < -0.3 is 5.32 Å². The predicted molar refractivity (Wildman–Crippen MR) is 73.2 cm³/mol. The molecular formula is C10H10BrN3S2. The van der Waals surface area contributed by atoms with Crippen LogP contribution in [0.5, 0.6) is 0 Å². The van der Waals surface area contributed by atoms with E-state index < -0.39 is 0 Å². The van der Waals surface area contributed by atoms with Crippen LogP contribution in [0, 0.1) is 0 Å². The van der Waals surface area contributed by atoms with Gasteiger partial charge in [0.15, 0.2) is 0 Å². The van der Waals surface area contributed by atoms with Gasteiger partial charge >= 0.3 is 0 Å². The molecule has 0 aliphatic rings. The average Bonchev–Trinajstić information content (AvgIpc) is 2.74. The molecule has 2 rings (SSSR count). The highest BCUT2D eigenvalue weighted by Crippen LogP contribution is 2.27. The molecule has 0 saturated heterocycles. The Morgan fingerprint density at radius 3 is 3.00 bits per heavy atom. The van der Waals surface area contributed by atoms with Gasteiger partial charge in [-0.25, -0.2) is 0 Å². The third-order valence-corrected chi connectivity index (χ3v) is 4.46. The topological polar surface area (TPSA) is 37.8 Å². The zero-order valence-corrected chi connectivity index (χ0v) is 11.8. The number of nitrogens with zero attached hydrogens (tertiary/aromatic N) is 2. The van der Waals surface area contributed by atoms with Crippen molar-refractivity contribution in [1.82, 2.24) is 10.2 Å². The minimum absolute atomic E-state index is 0.857. The quantitative estimate of drug-likeness (QED) is 0.874. The van der Waals surface area contributed by atoms with E-state index in [1.54, 1.807) is 23.1 Å². The molecule has 2 aromatic rings. The monoisotopic (exact) mass is 315 g/mol. The molecular weight excluding hydrogens is 306 g/mol. The first-order valence-electron chi connectivity index (χ1n) is 4.66. The Bertz CT molecular complexity index is 473. The van der Waals surface area contributed by atoms with Gasteiger partial charge in [-0.15, -0.1) is 22.0 Å².